The van der Waals surface area contributed by atoms with Gasteiger partial charge in [-0.25, -0.2) is 0 Å². The van der Waals surface area contributed by atoms with Gasteiger partial charge in [-0.1, -0.05) is 6.92 Å². The lowest BCUT2D eigenvalue weighted by atomic mass is 10.4. The second kappa shape index (κ2) is 6.61. The van der Waals surface area contributed by atoms with Crippen molar-refractivity contribution in [3.63, 3.8) is 0 Å². The molecule has 0 aliphatic carbocycles. The third-order valence-corrected chi connectivity index (χ3v) is 1.84. The van der Waals surface area contributed by atoms with Gasteiger partial charge in [0, 0.05) is 19.6 Å². The molecule has 0 aliphatic rings. The molecule has 4 nitrogen and oxygen atoms in total. The van der Waals surface area contributed by atoms with Gasteiger partial charge in [-0.05, 0) is 13.8 Å². The summed E-state index contributed by atoms with van der Waals surface area (Å²) in [7, 11) is -1.30. The molecule has 0 heterocycles. The predicted molar refractivity (Wildman–Crippen MR) is 47.8 cm³/mol. The summed E-state index contributed by atoms with van der Waals surface area (Å²) in [4.78, 5) is 0. The molecule has 74 valence electrons. The Balaban J connectivity index is 4.15. The molecule has 0 aliphatic heterocycles. The maximum atomic E-state index is 10.4. The summed E-state index contributed by atoms with van der Waals surface area (Å²) in [5.74, 6) is -1.08. The van der Waals surface area contributed by atoms with E-state index in [9.17, 15) is 4.57 Å². The Hall–Kier alpha value is 0.110. The molecule has 12 heavy (non-hydrogen) atoms. The van der Waals surface area contributed by atoms with Crippen LogP contribution < -0.4 is 0 Å². The van der Waals surface area contributed by atoms with E-state index in [-0.39, 0.29) is 0 Å². The van der Waals surface area contributed by atoms with Gasteiger partial charge in [0.2, 0.25) is 0 Å². The van der Waals surface area contributed by atoms with E-state index < -0.39 is 14.7 Å². The van der Waals surface area contributed by atoms with Crippen LogP contribution >= 0.6 is 8.69 Å². The van der Waals surface area contributed by atoms with E-state index in [1.807, 2.05) is 20.8 Å². The summed E-state index contributed by atoms with van der Waals surface area (Å²) in [6, 6.07) is 0. The van der Waals surface area contributed by atoms with Gasteiger partial charge in [0.1, 0.15) is 0 Å². The van der Waals surface area contributed by atoms with Gasteiger partial charge in [0.15, 0.2) is 8.69 Å². The first-order valence-electron chi connectivity index (χ1n) is 4.14. The van der Waals surface area contributed by atoms with E-state index in [1.54, 1.807) is 0 Å². The minimum Gasteiger partial charge on any atom is -0.328 e. The summed E-state index contributed by atoms with van der Waals surface area (Å²) < 4.78 is 25.8. The summed E-state index contributed by atoms with van der Waals surface area (Å²) in [6.07, 6.45) is 0.532. The van der Waals surface area contributed by atoms with Gasteiger partial charge in [-0.2, -0.15) is 0 Å². The average molecular weight is 196 g/mol. The summed E-state index contributed by atoms with van der Waals surface area (Å²) in [6.45, 7) is 6.50. The summed E-state index contributed by atoms with van der Waals surface area (Å²) in [5.41, 5.74) is 0. The van der Waals surface area contributed by atoms with E-state index in [0.29, 0.717) is 19.6 Å². The zero-order chi connectivity index (χ0) is 9.45. The zero-order valence-corrected chi connectivity index (χ0v) is 8.99. The molecule has 1 atom stereocenters. The molecular formula is C7H17O4P. The van der Waals surface area contributed by atoms with Crippen LogP contribution in [0.4, 0.5) is 0 Å². The molecule has 0 bridgehead atoms. The third-order valence-electron chi connectivity index (χ3n) is 1.39. The molecule has 0 aromatic heterocycles. The van der Waals surface area contributed by atoms with E-state index in [4.69, 9.17) is 14.0 Å². The van der Waals surface area contributed by atoms with Crippen LogP contribution in [0.5, 0.6) is 0 Å². The Labute approximate surface area is 74.5 Å². The van der Waals surface area contributed by atoms with Crippen LogP contribution in [0.25, 0.3) is 0 Å². The van der Waals surface area contributed by atoms with Crippen LogP contribution in [0.15, 0.2) is 0 Å². The molecule has 0 radical (unpaired) electrons. The highest BCUT2D eigenvalue weighted by Crippen LogP contribution is 2.24. The fourth-order valence-corrected chi connectivity index (χ4v) is 1.36. The van der Waals surface area contributed by atoms with Crippen molar-refractivity contribution in [1.29, 1.82) is 0 Å². The van der Waals surface area contributed by atoms with Crippen molar-refractivity contribution in [2.45, 2.75) is 33.2 Å². The van der Waals surface area contributed by atoms with Crippen LogP contribution in [0, 0.1) is 0 Å². The highest BCUT2D eigenvalue weighted by molar-refractivity contribution is 7.17. The van der Waals surface area contributed by atoms with Crippen molar-refractivity contribution in [2.24, 2.45) is 0 Å². The van der Waals surface area contributed by atoms with Crippen LogP contribution in [-0.2, 0) is 18.6 Å². The van der Waals surface area contributed by atoms with Crippen LogP contribution in [-0.4, -0.2) is 19.2 Å². The third kappa shape index (κ3) is 3.68. The molecule has 0 rings (SSSR count). The molecule has 0 amide bonds. The second-order valence-corrected chi connectivity index (χ2v) is 2.54. The first-order chi connectivity index (χ1) is 5.74. The zero-order valence-electron chi connectivity index (χ0n) is 7.83. The van der Waals surface area contributed by atoms with Crippen molar-refractivity contribution in [1.82, 2.24) is 0 Å². The van der Waals surface area contributed by atoms with Crippen molar-refractivity contribution in [2.75, 3.05) is 13.2 Å². The molecule has 0 fully saturated rings. The minimum atomic E-state index is -1.30. The lowest BCUT2D eigenvalue weighted by Crippen LogP contribution is -2.36. The molecule has 1 unspecified atom stereocenters. The fraction of sp³-hybridized carbons (Fsp3) is 1.00. The second-order valence-electron chi connectivity index (χ2n) is 2.12. The van der Waals surface area contributed by atoms with Crippen LogP contribution in [0.2, 0.25) is 0 Å². The molecule has 0 aromatic carbocycles. The van der Waals surface area contributed by atoms with Crippen molar-refractivity contribution in [3.05, 3.63) is 0 Å². The molecule has 5 heteroatoms. The SMILES string of the molecule is CCOC(CC)(OCC)O[PH2]=O. The minimum absolute atomic E-state index is 0.479. The summed E-state index contributed by atoms with van der Waals surface area (Å²) in [5, 5.41) is 0. The molecule has 0 spiro atoms. The van der Waals surface area contributed by atoms with Gasteiger partial charge in [-0.3, -0.25) is 9.09 Å². The first kappa shape index (κ1) is 12.1. The Bertz CT molecular complexity index is 123. The van der Waals surface area contributed by atoms with Gasteiger partial charge in [0.25, 0.3) is 5.97 Å². The fourth-order valence-electron chi connectivity index (χ4n) is 0.910. The quantitative estimate of drug-likeness (QED) is 0.460. The van der Waals surface area contributed by atoms with Crippen molar-refractivity contribution >= 4 is 8.69 Å². The number of hydrogen-bond donors (Lipinski definition) is 0. The lowest BCUT2D eigenvalue weighted by molar-refractivity contribution is -0.338. The normalized spacial score (nSPS) is 12.9. The standard InChI is InChI=1S/C7H17O4P/c1-4-7(9-5-2,10-6-3)11-12-8/h4-6,12H2,1-3H3. The monoisotopic (exact) mass is 196 g/mol. The van der Waals surface area contributed by atoms with Gasteiger partial charge in [-0.15, -0.1) is 0 Å². The van der Waals surface area contributed by atoms with Gasteiger partial charge in [0.05, 0.1) is 0 Å². The number of hydrogen-bond acceptors (Lipinski definition) is 4. The molecule has 0 saturated carbocycles. The number of rotatable bonds is 7. The smallest absolute Gasteiger partial charge is 0.287 e. The molecule has 0 saturated heterocycles. The molecule has 0 aromatic rings. The van der Waals surface area contributed by atoms with Crippen LogP contribution in [0.3, 0.4) is 0 Å². The highest BCUT2D eigenvalue weighted by atomic mass is 31.1. The maximum absolute atomic E-state index is 10.4. The van der Waals surface area contributed by atoms with Crippen LogP contribution in [0.1, 0.15) is 27.2 Å². The van der Waals surface area contributed by atoms with Gasteiger partial charge >= 0.3 is 0 Å². The van der Waals surface area contributed by atoms with Crippen molar-refractivity contribution in [3.8, 4) is 0 Å². The highest BCUT2D eigenvalue weighted by Gasteiger charge is 2.29. The maximum Gasteiger partial charge on any atom is 0.287 e. The Morgan fingerprint density at radius 3 is 1.92 bits per heavy atom. The topological polar surface area (TPSA) is 44.8 Å². The largest absolute Gasteiger partial charge is 0.328 e. The Morgan fingerprint density at radius 1 is 1.17 bits per heavy atom. The van der Waals surface area contributed by atoms with E-state index >= 15 is 0 Å². The van der Waals surface area contributed by atoms with E-state index in [0.717, 1.165) is 0 Å². The molecule has 0 N–H and O–H groups in total. The Kier molecular flexibility index (Phi) is 6.67. The lowest BCUT2D eigenvalue weighted by Gasteiger charge is -2.29. The average Bonchev–Trinajstić information content (AvgIpc) is 2.06. The van der Waals surface area contributed by atoms with E-state index in [1.165, 1.54) is 0 Å². The van der Waals surface area contributed by atoms with Gasteiger partial charge < -0.3 is 9.47 Å². The van der Waals surface area contributed by atoms with E-state index in [2.05, 4.69) is 0 Å². The Morgan fingerprint density at radius 2 is 1.67 bits per heavy atom. The first-order valence-corrected chi connectivity index (χ1v) is 5.08. The predicted octanol–water partition coefficient (Wildman–Crippen LogP) is 1.81. The van der Waals surface area contributed by atoms with Crippen molar-refractivity contribution < 1.29 is 18.6 Å². The number of ether oxygens (including phenoxy) is 2. The molecular weight excluding hydrogens is 179 g/mol. The summed E-state index contributed by atoms with van der Waals surface area (Å²) >= 11 is 0.